The molecular weight excluding hydrogens is 635 g/mol. The summed E-state index contributed by atoms with van der Waals surface area (Å²) in [4.78, 5) is 48.5. The third-order valence-electron chi connectivity index (χ3n) is 10.5. The first-order valence-corrected chi connectivity index (χ1v) is 17.4. The smallest absolute Gasteiger partial charge is 0.376 e. The molecule has 5 rings (SSSR count). The maximum atomic E-state index is 14.1. The van der Waals surface area contributed by atoms with Crippen LogP contribution in [-0.2, 0) is 16.0 Å². The number of hydrogen-bond donors (Lipinski definition) is 2. The molecule has 0 aromatic heterocycles. The molecule has 1 aromatic rings. The van der Waals surface area contributed by atoms with Crippen molar-refractivity contribution in [2.75, 3.05) is 58.7 Å². The van der Waals surface area contributed by atoms with E-state index in [1.807, 2.05) is 37.2 Å². The normalized spacial score (nSPS) is 22.0. The molecule has 2 atom stereocenters. The monoisotopic (exact) mass is 685 g/mol. The Labute approximate surface area is 287 Å². The van der Waals surface area contributed by atoms with E-state index in [-0.39, 0.29) is 42.8 Å². The first-order chi connectivity index (χ1) is 23.4. The fraction of sp³-hybridized carbons (Fsp3) is 0.583. The maximum Gasteiger partial charge on any atom is 0.398 e. The average Bonchev–Trinajstić information content (AvgIpc) is 3.31. The lowest BCUT2D eigenvalue weighted by atomic mass is 9.96. The van der Waals surface area contributed by atoms with Crippen LogP contribution in [-0.4, -0.2) is 120 Å². The van der Waals surface area contributed by atoms with Gasteiger partial charge in [0.1, 0.15) is 6.04 Å². The summed E-state index contributed by atoms with van der Waals surface area (Å²) < 4.78 is 41.5. The van der Waals surface area contributed by atoms with Crippen LogP contribution in [0, 0.1) is 5.92 Å². The van der Waals surface area contributed by atoms with Gasteiger partial charge in [0.25, 0.3) is 0 Å². The molecule has 10 nitrogen and oxygen atoms in total. The Hall–Kier alpha value is -3.84. The lowest BCUT2D eigenvalue weighted by Gasteiger charge is -2.42. The van der Waals surface area contributed by atoms with Gasteiger partial charge in [-0.05, 0) is 69.8 Å². The number of anilines is 1. The molecule has 3 aliphatic heterocycles. The molecular formula is C36H50F3N7O3. The fourth-order valence-electron chi connectivity index (χ4n) is 7.45. The molecule has 1 aromatic carbocycles. The van der Waals surface area contributed by atoms with Gasteiger partial charge in [0.05, 0.1) is 12.5 Å². The SMILES string of the molecule is CCC1=CC=C(C[C@H](C(=O)N2CCC(N(C)C)CC2)N(N)C(=O)N2CCC(N3CCc4ccccc4NCC3=O)CC2)C=CC1C(F)(F)F. The van der Waals surface area contributed by atoms with Crippen LogP contribution >= 0.6 is 0 Å². The van der Waals surface area contributed by atoms with Crippen molar-refractivity contribution in [2.45, 2.75) is 76.2 Å². The highest BCUT2D eigenvalue weighted by atomic mass is 19.4. The van der Waals surface area contributed by atoms with Gasteiger partial charge in [0, 0.05) is 56.9 Å². The zero-order valence-electron chi connectivity index (χ0n) is 28.8. The number of carbonyl (C=O) groups is 3. The molecule has 268 valence electrons. The molecule has 4 amide bonds. The van der Waals surface area contributed by atoms with Crippen molar-refractivity contribution in [1.82, 2.24) is 24.6 Å². The molecule has 2 fully saturated rings. The Morgan fingerprint density at radius 2 is 1.67 bits per heavy atom. The zero-order chi connectivity index (χ0) is 35.3. The van der Waals surface area contributed by atoms with Crippen molar-refractivity contribution in [3.8, 4) is 0 Å². The molecule has 2 saturated heterocycles. The van der Waals surface area contributed by atoms with Gasteiger partial charge in [-0.1, -0.05) is 55.0 Å². The van der Waals surface area contributed by atoms with Crippen LogP contribution in [0.3, 0.4) is 0 Å². The summed E-state index contributed by atoms with van der Waals surface area (Å²) in [5.74, 6) is 4.52. The number of urea groups is 1. The number of allylic oxidation sites excluding steroid dienone is 5. The van der Waals surface area contributed by atoms with Crippen molar-refractivity contribution >= 4 is 23.5 Å². The number of piperidine rings is 2. The number of rotatable bonds is 7. The number of nitrogens with two attached hydrogens (primary N) is 1. The Morgan fingerprint density at radius 1 is 1.00 bits per heavy atom. The molecule has 1 aliphatic carbocycles. The van der Waals surface area contributed by atoms with E-state index in [0.29, 0.717) is 57.2 Å². The zero-order valence-corrected chi connectivity index (χ0v) is 28.8. The second-order valence-electron chi connectivity index (χ2n) is 13.7. The van der Waals surface area contributed by atoms with E-state index in [1.165, 1.54) is 12.2 Å². The molecule has 0 bridgehead atoms. The molecule has 0 saturated carbocycles. The van der Waals surface area contributed by atoms with Gasteiger partial charge >= 0.3 is 12.2 Å². The van der Waals surface area contributed by atoms with Crippen molar-refractivity contribution in [1.29, 1.82) is 0 Å². The molecule has 3 N–H and O–H groups in total. The van der Waals surface area contributed by atoms with Gasteiger partial charge in [0.15, 0.2) is 0 Å². The van der Waals surface area contributed by atoms with E-state index in [0.717, 1.165) is 41.6 Å². The van der Waals surface area contributed by atoms with Crippen LogP contribution in [0.2, 0.25) is 0 Å². The Kier molecular flexibility index (Phi) is 11.7. The predicted molar refractivity (Wildman–Crippen MR) is 183 cm³/mol. The summed E-state index contributed by atoms with van der Waals surface area (Å²) in [6.45, 7) is 4.19. The highest BCUT2D eigenvalue weighted by Crippen LogP contribution is 2.36. The van der Waals surface area contributed by atoms with Crippen molar-refractivity contribution < 1.29 is 27.6 Å². The Balaban J connectivity index is 1.28. The van der Waals surface area contributed by atoms with E-state index >= 15 is 0 Å². The minimum Gasteiger partial charge on any atom is -0.376 e. The number of hydrazine groups is 1. The fourth-order valence-corrected chi connectivity index (χ4v) is 7.45. The first-order valence-electron chi connectivity index (χ1n) is 17.4. The lowest BCUT2D eigenvalue weighted by molar-refractivity contribution is -0.152. The second-order valence-corrected chi connectivity index (χ2v) is 13.7. The predicted octanol–water partition coefficient (Wildman–Crippen LogP) is 4.57. The molecule has 13 heteroatoms. The molecule has 49 heavy (non-hydrogen) atoms. The number of hydrogen-bond acceptors (Lipinski definition) is 6. The summed E-state index contributed by atoms with van der Waals surface area (Å²) in [6, 6.07) is 6.66. The second kappa shape index (κ2) is 15.8. The van der Waals surface area contributed by atoms with E-state index in [1.54, 1.807) is 22.8 Å². The molecule has 4 aliphatic rings. The number of likely N-dealkylation sites (tertiary alicyclic amines) is 2. The van der Waals surface area contributed by atoms with Gasteiger partial charge < -0.3 is 24.9 Å². The van der Waals surface area contributed by atoms with Crippen molar-refractivity contribution in [2.24, 2.45) is 11.8 Å². The van der Waals surface area contributed by atoms with Crippen LogP contribution in [0.4, 0.5) is 23.7 Å². The average molecular weight is 686 g/mol. The number of halogens is 3. The molecule has 3 heterocycles. The Morgan fingerprint density at radius 3 is 2.33 bits per heavy atom. The highest BCUT2D eigenvalue weighted by molar-refractivity contribution is 5.87. The largest absolute Gasteiger partial charge is 0.398 e. The van der Waals surface area contributed by atoms with Crippen molar-refractivity contribution in [3.63, 3.8) is 0 Å². The topological polar surface area (TPSA) is 105 Å². The lowest BCUT2D eigenvalue weighted by Crippen LogP contribution is -2.60. The van der Waals surface area contributed by atoms with Gasteiger partial charge in [-0.15, -0.1) is 0 Å². The summed E-state index contributed by atoms with van der Waals surface area (Å²) in [5.41, 5.74) is 2.85. The van der Waals surface area contributed by atoms with E-state index in [4.69, 9.17) is 5.84 Å². The third kappa shape index (κ3) is 8.67. The van der Waals surface area contributed by atoms with Crippen LogP contribution in [0.25, 0.3) is 0 Å². The number of benzene rings is 1. The summed E-state index contributed by atoms with van der Waals surface area (Å²) in [5, 5.41) is 4.23. The number of fused-ring (bicyclic) bond motifs is 1. The minimum absolute atomic E-state index is 0.0150. The standard InChI is InChI=1S/C36H50F3N7O3/c1-4-26-11-9-25(10-12-30(26)36(37,38)39)23-32(34(48)43-18-14-28(15-19-43)42(2)3)46(40)35(49)44-20-16-29(17-21-44)45-22-13-27-7-5-6-8-31(27)41-24-33(45)47/h5-12,28-30,32,41H,4,13-24,40H2,1-3H3/t30?,32-/m1/s1. The van der Waals surface area contributed by atoms with Gasteiger partial charge in [-0.3, -0.25) is 9.59 Å². The van der Waals surface area contributed by atoms with Gasteiger partial charge in [0.2, 0.25) is 11.8 Å². The van der Waals surface area contributed by atoms with Gasteiger partial charge in [-0.2, -0.15) is 13.2 Å². The number of para-hydroxylation sites is 1. The molecule has 0 radical (unpaired) electrons. The third-order valence-corrected chi connectivity index (χ3v) is 10.5. The first kappa shape index (κ1) is 36.4. The number of alkyl halides is 3. The quantitative estimate of drug-likeness (QED) is 0.248. The van der Waals surface area contributed by atoms with E-state index < -0.39 is 24.2 Å². The molecule has 1 unspecified atom stereocenters. The number of nitrogens with zero attached hydrogens (tertiary/aromatic N) is 5. The number of amides is 4. The van der Waals surface area contributed by atoms with Crippen LogP contribution in [0.5, 0.6) is 0 Å². The molecule has 0 spiro atoms. The number of nitrogens with one attached hydrogen (secondary N) is 1. The van der Waals surface area contributed by atoms with Crippen LogP contribution in [0.1, 0.15) is 51.0 Å². The van der Waals surface area contributed by atoms with E-state index in [2.05, 4.69) is 16.3 Å². The summed E-state index contributed by atoms with van der Waals surface area (Å²) in [6.07, 6.45) is 4.81. The van der Waals surface area contributed by atoms with Crippen LogP contribution in [0.15, 0.2) is 59.7 Å². The summed E-state index contributed by atoms with van der Waals surface area (Å²) >= 11 is 0. The van der Waals surface area contributed by atoms with Crippen LogP contribution < -0.4 is 11.2 Å². The summed E-state index contributed by atoms with van der Waals surface area (Å²) in [7, 11) is 4.01. The van der Waals surface area contributed by atoms with Crippen molar-refractivity contribution in [3.05, 3.63) is 65.3 Å². The Bertz CT molecular complexity index is 1440. The maximum absolute atomic E-state index is 14.1. The van der Waals surface area contributed by atoms with E-state index in [9.17, 15) is 27.6 Å². The minimum atomic E-state index is -4.44. The highest BCUT2D eigenvalue weighted by Gasteiger charge is 2.41. The number of carbonyl (C=O) groups excluding carboxylic acids is 3. The van der Waals surface area contributed by atoms with Gasteiger partial charge in [-0.25, -0.2) is 15.6 Å².